The van der Waals surface area contributed by atoms with Gasteiger partial charge in [-0.05, 0) is 37.1 Å². The Morgan fingerprint density at radius 2 is 1.43 bits per heavy atom. The number of nitrogens with one attached hydrogen (secondary N) is 1. The van der Waals surface area contributed by atoms with Gasteiger partial charge >= 0.3 is 0 Å². The van der Waals surface area contributed by atoms with Crippen LogP contribution in [0.5, 0.6) is 5.75 Å². The molecule has 0 aliphatic rings. The van der Waals surface area contributed by atoms with Gasteiger partial charge in [0.1, 0.15) is 5.75 Å². The molecule has 3 aromatic carbocycles. The summed E-state index contributed by atoms with van der Waals surface area (Å²) in [4.78, 5) is 12.1. The highest BCUT2D eigenvalue weighted by atomic mass is 16.5. The highest BCUT2D eigenvalue weighted by Crippen LogP contribution is 2.26. The van der Waals surface area contributed by atoms with E-state index in [0.29, 0.717) is 5.75 Å². The minimum atomic E-state index is -0.292. The lowest BCUT2D eigenvalue weighted by molar-refractivity contribution is -0.123. The molecule has 142 valence electrons. The zero-order chi connectivity index (χ0) is 19.8. The standard InChI is InChI=1S/C24H24N2O2/c1-18-13-15-22(16-14-18)28-17-23(27)26-25-19(2)24(20-9-5-3-6-10-20)21-11-7-4-8-12-21/h3-16,24H,17H2,1-2H3,(H,26,27)/b25-19+. The fourth-order valence-electron chi connectivity index (χ4n) is 3.00. The number of carbonyl (C=O) groups is 1. The second-order valence-electron chi connectivity index (χ2n) is 6.64. The average Bonchev–Trinajstić information content (AvgIpc) is 2.73. The molecule has 0 aromatic heterocycles. The molecule has 0 atom stereocenters. The summed E-state index contributed by atoms with van der Waals surface area (Å²) in [6.07, 6.45) is 0. The number of rotatable bonds is 7. The zero-order valence-corrected chi connectivity index (χ0v) is 16.1. The molecular weight excluding hydrogens is 348 g/mol. The van der Waals surface area contributed by atoms with Crippen molar-refractivity contribution in [3.8, 4) is 5.75 Å². The Bertz CT molecular complexity index is 880. The van der Waals surface area contributed by atoms with Gasteiger partial charge in [-0.2, -0.15) is 5.10 Å². The van der Waals surface area contributed by atoms with Gasteiger partial charge in [0.15, 0.2) is 6.61 Å². The highest BCUT2D eigenvalue weighted by Gasteiger charge is 2.17. The number of carbonyl (C=O) groups excluding carboxylic acids is 1. The molecule has 0 aliphatic heterocycles. The monoisotopic (exact) mass is 372 g/mol. The first-order valence-electron chi connectivity index (χ1n) is 9.26. The van der Waals surface area contributed by atoms with Gasteiger partial charge in [-0.15, -0.1) is 0 Å². The van der Waals surface area contributed by atoms with E-state index >= 15 is 0 Å². The first-order chi connectivity index (χ1) is 13.6. The third-order valence-corrected chi connectivity index (χ3v) is 4.43. The van der Waals surface area contributed by atoms with Gasteiger partial charge in [0.25, 0.3) is 5.91 Å². The number of aryl methyl sites for hydroxylation is 1. The van der Waals surface area contributed by atoms with E-state index in [1.54, 1.807) is 0 Å². The topological polar surface area (TPSA) is 50.7 Å². The minimum Gasteiger partial charge on any atom is -0.484 e. The van der Waals surface area contributed by atoms with Gasteiger partial charge in [-0.25, -0.2) is 5.43 Å². The molecule has 1 N–H and O–H groups in total. The maximum Gasteiger partial charge on any atom is 0.277 e. The molecule has 4 heteroatoms. The average molecular weight is 372 g/mol. The van der Waals surface area contributed by atoms with Gasteiger partial charge in [0, 0.05) is 11.6 Å². The van der Waals surface area contributed by atoms with Gasteiger partial charge in [-0.3, -0.25) is 4.79 Å². The summed E-state index contributed by atoms with van der Waals surface area (Å²) >= 11 is 0. The van der Waals surface area contributed by atoms with E-state index in [1.165, 1.54) is 0 Å². The van der Waals surface area contributed by atoms with Crippen molar-refractivity contribution in [1.82, 2.24) is 5.43 Å². The number of hydrazone groups is 1. The SMILES string of the molecule is C/C(=N\NC(=O)COc1ccc(C)cc1)C(c1ccccc1)c1ccccc1. The third kappa shape index (κ3) is 5.30. The van der Waals surface area contributed by atoms with Crippen LogP contribution in [-0.2, 0) is 4.79 Å². The van der Waals surface area contributed by atoms with E-state index in [4.69, 9.17) is 4.74 Å². The first kappa shape index (κ1) is 19.4. The summed E-state index contributed by atoms with van der Waals surface area (Å²) in [7, 11) is 0. The van der Waals surface area contributed by atoms with Gasteiger partial charge in [0.2, 0.25) is 0 Å². The summed E-state index contributed by atoms with van der Waals surface area (Å²) in [6.45, 7) is 3.84. The van der Waals surface area contributed by atoms with Crippen molar-refractivity contribution in [2.45, 2.75) is 19.8 Å². The normalized spacial score (nSPS) is 11.3. The van der Waals surface area contributed by atoms with Crippen LogP contribution in [0.4, 0.5) is 0 Å². The Kier molecular flexibility index (Phi) is 6.58. The van der Waals surface area contributed by atoms with Crippen molar-refractivity contribution in [2.24, 2.45) is 5.10 Å². The second-order valence-corrected chi connectivity index (χ2v) is 6.64. The van der Waals surface area contributed by atoms with Crippen molar-refractivity contribution in [1.29, 1.82) is 0 Å². The molecule has 0 unspecified atom stereocenters. The molecule has 1 amide bonds. The van der Waals surface area contributed by atoms with Crippen molar-refractivity contribution in [3.05, 3.63) is 102 Å². The van der Waals surface area contributed by atoms with Crippen LogP contribution in [0, 0.1) is 6.92 Å². The van der Waals surface area contributed by atoms with E-state index in [-0.39, 0.29) is 18.4 Å². The number of ether oxygens (including phenoxy) is 1. The van der Waals surface area contributed by atoms with Crippen LogP contribution in [0.2, 0.25) is 0 Å². The van der Waals surface area contributed by atoms with Crippen LogP contribution >= 0.6 is 0 Å². The van der Waals surface area contributed by atoms with Crippen molar-refractivity contribution < 1.29 is 9.53 Å². The van der Waals surface area contributed by atoms with E-state index in [9.17, 15) is 4.79 Å². The Morgan fingerprint density at radius 1 is 0.893 bits per heavy atom. The van der Waals surface area contributed by atoms with Crippen molar-refractivity contribution >= 4 is 11.6 Å². The lowest BCUT2D eigenvalue weighted by Crippen LogP contribution is -2.26. The zero-order valence-electron chi connectivity index (χ0n) is 16.1. The Balaban J connectivity index is 1.68. The summed E-state index contributed by atoms with van der Waals surface area (Å²) < 4.78 is 5.50. The predicted octanol–water partition coefficient (Wildman–Crippen LogP) is 4.70. The smallest absolute Gasteiger partial charge is 0.277 e. The Labute approximate surface area is 165 Å². The largest absolute Gasteiger partial charge is 0.484 e. The predicted molar refractivity (Wildman–Crippen MR) is 113 cm³/mol. The van der Waals surface area contributed by atoms with E-state index in [2.05, 4.69) is 34.8 Å². The Hall–Kier alpha value is -3.40. The lowest BCUT2D eigenvalue weighted by atomic mass is 9.88. The molecule has 0 saturated carbocycles. The molecule has 0 aliphatic carbocycles. The summed E-state index contributed by atoms with van der Waals surface area (Å²) in [5.74, 6) is 0.341. The second kappa shape index (κ2) is 9.51. The number of amides is 1. The maximum atomic E-state index is 12.1. The van der Waals surface area contributed by atoms with Gasteiger partial charge in [-0.1, -0.05) is 78.4 Å². The van der Waals surface area contributed by atoms with Gasteiger partial charge < -0.3 is 4.74 Å². The fourth-order valence-corrected chi connectivity index (χ4v) is 3.00. The molecule has 3 rings (SSSR count). The molecule has 0 heterocycles. The van der Waals surface area contributed by atoms with Crippen LogP contribution < -0.4 is 10.2 Å². The van der Waals surface area contributed by atoms with E-state index < -0.39 is 0 Å². The highest BCUT2D eigenvalue weighted by molar-refractivity contribution is 5.93. The number of nitrogens with zero attached hydrogens (tertiary/aromatic N) is 1. The molecule has 4 nitrogen and oxygen atoms in total. The van der Waals surface area contributed by atoms with Crippen LogP contribution in [-0.4, -0.2) is 18.2 Å². The molecule has 28 heavy (non-hydrogen) atoms. The third-order valence-electron chi connectivity index (χ3n) is 4.43. The number of hydrogen-bond acceptors (Lipinski definition) is 3. The lowest BCUT2D eigenvalue weighted by Gasteiger charge is -2.18. The molecule has 0 bridgehead atoms. The van der Waals surface area contributed by atoms with E-state index in [1.807, 2.05) is 74.5 Å². The minimum absolute atomic E-state index is 0.0271. The molecule has 0 radical (unpaired) electrons. The first-order valence-corrected chi connectivity index (χ1v) is 9.26. The van der Waals surface area contributed by atoms with Crippen LogP contribution in [0.15, 0.2) is 90.0 Å². The quantitative estimate of drug-likeness (QED) is 0.483. The van der Waals surface area contributed by atoms with Crippen LogP contribution in [0.3, 0.4) is 0 Å². The molecule has 0 saturated heterocycles. The molecule has 3 aromatic rings. The molecular formula is C24H24N2O2. The van der Waals surface area contributed by atoms with Crippen LogP contribution in [0.25, 0.3) is 0 Å². The summed E-state index contributed by atoms with van der Waals surface area (Å²) in [6, 6.07) is 27.9. The maximum absolute atomic E-state index is 12.1. The molecule has 0 spiro atoms. The van der Waals surface area contributed by atoms with E-state index in [0.717, 1.165) is 22.4 Å². The number of hydrogen-bond donors (Lipinski definition) is 1. The summed E-state index contributed by atoms with van der Waals surface area (Å²) in [5.41, 5.74) is 6.81. The van der Waals surface area contributed by atoms with Gasteiger partial charge in [0.05, 0.1) is 0 Å². The Morgan fingerprint density at radius 3 is 1.96 bits per heavy atom. The van der Waals surface area contributed by atoms with Crippen molar-refractivity contribution in [3.63, 3.8) is 0 Å². The van der Waals surface area contributed by atoms with Crippen LogP contribution in [0.1, 0.15) is 29.5 Å². The van der Waals surface area contributed by atoms with Crippen molar-refractivity contribution in [2.75, 3.05) is 6.61 Å². The number of benzene rings is 3. The molecule has 0 fully saturated rings. The summed E-state index contributed by atoms with van der Waals surface area (Å²) in [5, 5.41) is 4.34. The fraction of sp³-hybridized carbons (Fsp3) is 0.167.